The first kappa shape index (κ1) is 17.1. The van der Waals surface area contributed by atoms with Gasteiger partial charge in [0.2, 0.25) is 0 Å². The van der Waals surface area contributed by atoms with E-state index in [-0.39, 0.29) is 16.5 Å². The lowest BCUT2D eigenvalue weighted by molar-refractivity contribution is 0.386. The van der Waals surface area contributed by atoms with E-state index >= 15 is 0 Å². The molecule has 1 aromatic heterocycles. The second kappa shape index (κ2) is 6.08. The van der Waals surface area contributed by atoms with Gasteiger partial charge in [-0.3, -0.25) is 0 Å². The highest BCUT2D eigenvalue weighted by molar-refractivity contribution is 7.89. The van der Waals surface area contributed by atoms with Crippen LogP contribution in [-0.4, -0.2) is 24.9 Å². The number of hydrogen-bond donors (Lipinski definition) is 1. The molecule has 0 radical (unpaired) electrons. The van der Waals surface area contributed by atoms with Gasteiger partial charge in [0.05, 0.1) is 0 Å². The summed E-state index contributed by atoms with van der Waals surface area (Å²) in [5, 5.41) is 4.34. The Morgan fingerprint density at radius 1 is 1.36 bits per heavy atom. The number of benzene rings is 1. The monoisotopic (exact) mass is 363 g/mol. The molecule has 22 heavy (non-hydrogen) atoms. The molecule has 0 aliphatic heterocycles. The molecule has 2 N–H and O–H groups in total. The van der Waals surface area contributed by atoms with Crippen LogP contribution in [0.1, 0.15) is 24.3 Å². The van der Waals surface area contributed by atoms with Crippen molar-refractivity contribution in [3.05, 3.63) is 39.6 Å². The van der Waals surface area contributed by atoms with E-state index in [9.17, 15) is 8.42 Å². The number of aromatic nitrogens is 1. The minimum absolute atomic E-state index is 0.132. The zero-order valence-corrected chi connectivity index (χ0v) is 14.5. The van der Waals surface area contributed by atoms with Crippen LogP contribution in [0.3, 0.4) is 0 Å². The Kier molecular flexibility index (Phi) is 4.72. The first-order chi connectivity index (χ1) is 10.2. The first-order valence-corrected chi connectivity index (χ1v) is 8.50. The number of nitrogen functional groups attached to an aromatic ring is 1. The standard InChI is InChI=1S/C13H15Cl2N3O3S/c1-7(10-5-4-9(14)6-11(10)15)18(3)22(19,20)12-8(2)21-17-13(12)16/h4-7H,1-3H3,(H2,16,17). The molecule has 1 unspecified atom stereocenters. The molecule has 120 valence electrons. The summed E-state index contributed by atoms with van der Waals surface area (Å²) in [7, 11) is -2.43. The lowest BCUT2D eigenvalue weighted by atomic mass is 10.1. The summed E-state index contributed by atoms with van der Waals surface area (Å²) in [6.07, 6.45) is 0. The quantitative estimate of drug-likeness (QED) is 0.900. The van der Waals surface area contributed by atoms with E-state index in [1.807, 2.05) is 0 Å². The predicted octanol–water partition coefficient (Wildman–Crippen LogP) is 3.25. The number of rotatable bonds is 4. The number of anilines is 1. The molecule has 1 atom stereocenters. The normalized spacial score (nSPS) is 13.5. The van der Waals surface area contributed by atoms with E-state index in [1.165, 1.54) is 14.0 Å². The Hall–Kier alpha value is -1.28. The van der Waals surface area contributed by atoms with Crippen molar-refractivity contribution >= 4 is 39.0 Å². The van der Waals surface area contributed by atoms with E-state index in [0.717, 1.165) is 4.31 Å². The highest BCUT2D eigenvalue weighted by atomic mass is 35.5. The molecule has 0 aliphatic rings. The van der Waals surface area contributed by atoms with Crippen LogP contribution < -0.4 is 5.73 Å². The number of nitrogens with two attached hydrogens (primary N) is 1. The van der Waals surface area contributed by atoms with Crippen LogP contribution in [0.25, 0.3) is 0 Å². The Labute approximate surface area is 138 Å². The Bertz CT molecular complexity index is 785. The molecule has 0 fully saturated rings. The number of hydrogen-bond acceptors (Lipinski definition) is 5. The van der Waals surface area contributed by atoms with E-state index < -0.39 is 16.1 Å². The Morgan fingerprint density at radius 2 is 2.00 bits per heavy atom. The van der Waals surface area contributed by atoms with Gasteiger partial charge in [0.15, 0.2) is 16.5 Å². The third-order valence-electron chi connectivity index (χ3n) is 3.43. The Balaban J connectivity index is 2.44. The van der Waals surface area contributed by atoms with E-state index in [1.54, 1.807) is 25.1 Å². The van der Waals surface area contributed by atoms with Crippen LogP contribution >= 0.6 is 23.2 Å². The minimum Gasteiger partial charge on any atom is -0.380 e. The van der Waals surface area contributed by atoms with Crippen LogP contribution in [0.5, 0.6) is 0 Å². The summed E-state index contributed by atoms with van der Waals surface area (Å²) in [5.74, 6) is -0.0301. The smallest absolute Gasteiger partial charge is 0.250 e. The average molecular weight is 364 g/mol. The fraction of sp³-hybridized carbons (Fsp3) is 0.308. The molecule has 6 nitrogen and oxygen atoms in total. The van der Waals surface area contributed by atoms with Crippen molar-refractivity contribution in [2.75, 3.05) is 12.8 Å². The number of sulfonamides is 1. The highest BCUT2D eigenvalue weighted by Crippen LogP contribution is 2.34. The van der Waals surface area contributed by atoms with Crippen LogP contribution in [-0.2, 0) is 10.0 Å². The minimum atomic E-state index is -3.87. The maximum Gasteiger partial charge on any atom is 0.250 e. The van der Waals surface area contributed by atoms with Gasteiger partial charge in [-0.25, -0.2) is 8.42 Å². The van der Waals surface area contributed by atoms with Crippen molar-refractivity contribution in [2.24, 2.45) is 0 Å². The number of nitrogens with zero attached hydrogens (tertiary/aromatic N) is 2. The molecule has 1 aromatic carbocycles. The third-order valence-corrected chi connectivity index (χ3v) is 6.08. The SMILES string of the molecule is Cc1onc(N)c1S(=O)(=O)N(C)C(C)c1ccc(Cl)cc1Cl. The number of aryl methyl sites for hydroxylation is 1. The van der Waals surface area contributed by atoms with Crippen molar-refractivity contribution in [1.29, 1.82) is 0 Å². The molecule has 0 saturated heterocycles. The molecule has 2 rings (SSSR count). The van der Waals surface area contributed by atoms with Crippen molar-refractivity contribution < 1.29 is 12.9 Å². The van der Waals surface area contributed by atoms with Gasteiger partial charge >= 0.3 is 0 Å². The lowest BCUT2D eigenvalue weighted by Gasteiger charge is -2.25. The first-order valence-electron chi connectivity index (χ1n) is 6.31. The van der Waals surface area contributed by atoms with E-state index in [4.69, 9.17) is 33.5 Å². The summed E-state index contributed by atoms with van der Waals surface area (Å²) in [5.41, 5.74) is 6.23. The molecule has 0 spiro atoms. The molecule has 0 aliphatic carbocycles. The van der Waals surface area contributed by atoms with E-state index in [0.29, 0.717) is 15.6 Å². The lowest BCUT2D eigenvalue weighted by Crippen LogP contribution is -2.30. The van der Waals surface area contributed by atoms with Crippen LogP contribution in [0, 0.1) is 6.92 Å². The summed E-state index contributed by atoms with van der Waals surface area (Å²) >= 11 is 12.0. The topological polar surface area (TPSA) is 89.4 Å². The second-order valence-electron chi connectivity index (χ2n) is 4.82. The van der Waals surface area contributed by atoms with Gasteiger partial charge in [-0.2, -0.15) is 4.31 Å². The zero-order chi connectivity index (χ0) is 16.7. The van der Waals surface area contributed by atoms with E-state index in [2.05, 4.69) is 5.16 Å². The summed E-state index contributed by atoms with van der Waals surface area (Å²) in [4.78, 5) is -0.132. The fourth-order valence-electron chi connectivity index (χ4n) is 2.08. The molecule has 1 heterocycles. The molecular weight excluding hydrogens is 349 g/mol. The van der Waals surface area contributed by atoms with Crippen LogP contribution in [0.4, 0.5) is 5.82 Å². The van der Waals surface area contributed by atoms with Crippen molar-refractivity contribution in [3.8, 4) is 0 Å². The van der Waals surface area contributed by atoms with Gasteiger partial charge < -0.3 is 10.3 Å². The molecule has 9 heteroatoms. The van der Waals surface area contributed by atoms with Gasteiger partial charge in [0, 0.05) is 23.1 Å². The maximum atomic E-state index is 12.7. The van der Waals surface area contributed by atoms with Gasteiger partial charge in [0.1, 0.15) is 0 Å². The van der Waals surface area contributed by atoms with Gasteiger partial charge in [-0.05, 0) is 31.5 Å². The average Bonchev–Trinajstić information content (AvgIpc) is 2.77. The van der Waals surface area contributed by atoms with Gasteiger partial charge in [-0.15, -0.1) is 0 Å². The third kappa shape index (κ3) is 2.94. The van der Waals surface area contributed by atoms with Crippen LogP contribution in [0.15, 0.2) is 27.6 Å². The fourth-order valence-corrected chi connectivity index (χ4v) is 4.17. The molecule has 0 saturated carbocycles. The molecule has 2 aromatic rings. The molecule has 0 amide bonds. The van der Waals surface area contributed by atoms with Gasteiger partial charge in [-0.1, -0.05) is 34.4 Å². The molecular formula is C13H15Cl2N3O3S. The van der Waals surface area contributed by atoms with Crippen LogP contribution in [0.2, 0.25) is 10.0 Å². The largest absolute Gasteiger partial charge is 0.380 e. The van der Waals surface area contributed by atoms with Crippen molar-refractivity contribution in [2.45, 2.75) is 24.8 Å². The molecule has 0 bridgehead atoms. The van der Waals surface area contributed by atoms with Crippen molar-refractivity contribution in [3.63, 3.8) is 0 Å². The maximum absolute atomic E-state index is 12.7. The Morgan fingerprint density at radius 3 is 2.50 bits per heavy atom. The second-order valence-corrected chi connectivity index (χ2v) is 7.59. The summed E-state index contributed by atoms with van der Waals surface area (Å²) in [6, 6.07) is 4.38. The number of halogens is 2. The zero-order valence-electron chi connectivity index (χ0n) is 12.2. The van der Waals surface area contributed by atoms with Crippen molar-refractivity contribution in [1.82, 2.24) is 9.46 Å². The summed E-state index contributed by atoms with van der Waals surface area (Å²) in [6.45, 7) is 3.20. The van der Waals surface area contributed by atoms with Gasteiger partial charge in [0.25, 0.3) is 10.0 Å². The summed E-state index contributed by atoms with van der Waals surface area (Å²) < 4.78 is 31.4. The predicted molar refractivity (Wildman–Crippen MR) is 85.5 cm³/mol. The highest BCUT2D eigenvalue weighted by Gasteiger charge is 2.33.